The highest BCUT2D eigenvalue weighted by molar-refractivity contribution is 6.04. The van der Waals surface area contributed by atoms with Crippen molar-refractivity contribution >= 4 is 11.8 Å². The zero-order valence-electron chi connectivity index (χ0n) is 7.33. The van der Waals surface area contributed by atoms with Crippen LogP contribution in [-0.4, -0.2) is 10.9 Å². The van der Waals surface area contributed by atoms with Crippen molar-refractivity contribution < 1.29 is 5.21 Å². The molecule has 1 aliphatic rings. The first kappa shape index (κ1) is 8.05. The van der Waals surface area contributed by atoms with Gasteiger partial charge in [0.25, 0.3) is 0 Å². The van der Waals surface area contributed by atoms with Gasteiger partial charge < -0.3 is 5.21 Å². The Morgan fingerprint density at radius 2 is 2.23 bits per heavy atom. The zero-order valence-corrected chi connectivity index (χ0v) is 7.33. The molecule has 0 spiro atoms. The molecule has 0 aromatic heterocycles. The van der Waals surface area contributed by atoms with Gasteiger partial charge in [-0.15, -0.1) is 0 Å². The molecule has 0 aliphatic heterocycles. The van der Waals surface area contributed by atoms with E-state index in [9.17, 15) is 0 Å². The summed E-state index contributed by atoms with van der Waals surface area (Å²) in [5.74, 6) is 0. The van der Waals surface area contributed by atoms with Crippen molar-refractivity contribution in [2.75, 3.05) is 0 Å². The highest BCUT2D eigenvalue weighted by Gasteiger charge is 2.17. The van der Waals surface area contributed by atoms with Crippen LogP contribution >= 0.6 is 0 Å². The van der Waals surface area contributed by atoms with Gasteiger partial charge in [-0.25, -0.2) is 0 Å². The fraction of sp³-hybridized carbons (Fsp3) is 0.182. The lowest BCUT2D eigenvalue weighted by Gasteiger charge is -1.99. The van der Waals surface area contributed by atoms with Crippen molar-refractivity contribution in [1.82, 2.24) is 0 Å². The summed E-state index contributed by atoms with van der Waals surface area (Å²) in [5.41, 5.74) is 4.25. The Morgan fingerprint density at radius 1 is 1.38 bits per heavy atom. The number of aryl methyl sites for hydroxylation is 1. The molecule has 0 heterocycles. The summed E-state index contributed by atoms with van der Waals surface area (Å²) in [4.78, 5) is 0. The minimum absolute atomic E-state index is 0.797. The Kier molecular flexibility index (Phi) is 1.89. The van der Waals surface area contributed by atoms with Gasteiger partial charge in [0.05, 0.1) is 5.71 Å². The molecular formula is C11H11NO. The molecule has 1 aliphatic carbocycles. The SMILES string of the molecule is C=Cc1ccc2c(c1)CCC2=NO. The predicted octanol–water partition coefficient (Wildman–Crippen LogP) is 2.45. The van der Waals surface area contributed by atoms with Gasteiger partial charge in [-0.3, -0.25) is 0 Å². The normalized spacial score (nSPS) is 17.4. The predicted molar refractivity (Wildman–Crippen MR) is 53.2 cm³/mol. The summed E-state index contributed by atoms with van der Waals surface area (Å²) in [5, 5.41) is 12.0. The van der Waals surface area contributed by atoms with Crippen LogP contribution in [-0.2, 0) is 6.42 Å². The molecule has 0 unspecified atom stereocenters. The molecule has 1 aromatic rings. The number of rotatable bonds is 1. The van der Waals surface area contributed by atoms with Crippen LogP contribution in [0.15, 0.2) is 29.9 Å². The summed E-state index contributed by atoms with van der Waals surface area (Å²) in [6, 6.07) is 6.08. The van der Waals surface area contributed by atoms with E-state index in [1.807, 2.05) is 18.2 Å². The molecule has 0 atom stereocenters. The third-order valence-electron chi connectivity index (χ3n) is 2.43. The second-order valence-corrected chi connectivity index (χ2v) is 3.17. The molecule has 0 saturated carbocycles. The van der Waals surface area contributed by atoms with Gasteiger partial charge >= 0.3 is 0 Å². The van der Waals surface area contributed by atoms with E-state index < -0.39 is 0 Å². The van der Waals surface area contributed by atoms with Crippen LogP contribution in [0.25, 0.3) is 6.08 Å². The summed E-state index contributed by atoms with van der Waals surface area (Å²) >= 11 is 0. The van der Waals surface area contributed by atoms with Gasteiger partial charge in [-0.2, -0.15) is 0 Å². The average Bonchev–Trinajstić information content (AvgIpc) is 2.59. The Balaban J connectivity index is 2.52. The maximum Gasteiger partial charge on any atom is 0.0873 e. The fourth-order valence-corrected chi connectivity index (χ4v) is 1.72. The van der Waals surface area contributed by atoms with Crippen molar-refractivity contribution in [1.29, 1.82) is 0 Å². The second kappa shape index (κ2) is 3.05. The van der Waals surface area contributed by atoms with E-state index in [1.54, 1.807) is 0 Å². The smallest absolute Gasteiger partial charge is 0.0873 e. The Morgan fingerprint density at radius 3 is 2.92 bits per heavy atom. The standard InChI is InChI=1S/C11H11NO/c1-2-8-3-5-10-9(7-8)4-6-11(10)12-13/h2-3,5,7,13H,1,4,6H2. The lowest BCUT2D eigenvalue weighted by atomic mass is 10.1. The molecule has 0 radical (unpaired) electrons. The fourth-order valence-electron chi connectivity index (χ4n) is 1.72. The number of oxime groups is 1. The first-order valence-corrected chi connectivity index (χ1v) is 4.32. The third-order valence-corrected chi connectivity index (χ3v) is 2.43. The highest BCUT2D eigenvalue weighted by atomic mass is 16.4. The van der Waals surface area contributed by atoms with Crippen LogP contribution in [0, 0.1) is 0 Å². The summed E-state index contributed by atoms with van der Waals surface area (Å²) in [6.45, 7) is 3.72. The van der Waals surface area contributed by atoms with Gasteiger partial charge in [0.2, 0.25) is 0 Å². The molecular weight excluding hydrogens is 162 g/mol. The molecule has 0 fully saturated rings. The topological polar surface area (TPSA) is 32.6 Å². The quantitative estimate of drug-likeness (QED) is 0.513. The number of benzene rings is 1. The highest BCUT2D eigenvalue weighted by Crippen LogP contribution is 2.23. The van der Waals surface area contributed by atoms with E-state index in [4.69, 9.17) is 5.21 Å². The number of fused-ring (bicyclic) bond motifs is 1. The summed E-state index contributed by atoms with van der Waals surface area (Å²) in [6.07, 6.45) is 3.64. The van der Waals surface area contributed by atoms with Crippen molar-refractivity contribution in [3.05, 3.63) is 41.5 Å². The number of hydrogen-bond donors (Lipinski definition) is 1. The van der Waals surface area contributed by atoms with Crippen LogP contribution in [0.1, 0.15) is 23.1 Å². The first-order valence-electron chi connectivity index (χ1n) is 4.32. The monoisotopic (exact) mass is 173 g/mol. The average molecular weight is 173 g/mol. The molecule has 1 N–H and O–H groups in total. The molecule has 0 saturated heterocycles. The van der Waals surface area contributed by atoms with Crippen LogP contribution in [0.4, 0.5) is 0 Å². The number of nitrogens with zero attached hydrogens (tertiary/aromatic N) is 1. The molecule has 2 rings (SSSR count). The Bertz CT molecular complexity index is 380. The van der Waals surface area contributed by atoms with E-state index in [0.717, 1.165) is 29.7 Å². The van der Waals surface area contributed by atoms with Gasteiger partial charge in [-0.05, 0) is 24.0 Å². The van der Waals surface area contributed by atoms with Gasteiger partial charge in [0.1, 0.15) is 0 Å². The molecule has 0 amide bonds. The van der Waals surface area contributed by atoms with E-state index in [1.165, 1.54) is 5.56 Å². The van der Waals surface area contributed by atoms with Crippen molar-refractivity contribution in [2.24, 2.45) is 5.16 Å². The van der Waals surface area contributed by atoms with E-state index in [-0.39, 0.29) is 0 Å². The van der Waals surface area contributed by atoms with Crippen molar-refractivity contribution in [3.8, 4) is 0 Å². The summed E-state index contributed by atoms with van der Waals surface area (Å²) in [7, 11) is 0. The largest absolute Gasteiger partial charge is 0.411 e. The molecule has 1 aromatic carbocycles. The number of hydrogen-bond acceptors (Lipinski definition) is 2. The van der Waals surface area contributed by atoms with E-state index in [0.29, 0.717) is 0 Å². The second-order valence-electron chi connectivity index (χ2n) is 3.17. The van der Waals surface area contributed by atoms with Gasteiger partial charge in [-0.1, -0.05) is 36.0 Å². The molecule has 66 valence electrons. The third kappa shape index (κ3) is 1.24. The maximum absolute atomic E-state index is 8.71. The molecule has 13 heavy (non-hydrogen) atoms. The minimum atomic E-state index is 0.797. The lowest BCUT2D eigenvalue weighted by molar-refractivity contribution is 0.318. The molecule has 2 nitrogen and oxygen atoms in total. The van der Waals surface area contributed by atoms with Gasteiger partial charge in [0, 0.05) is 5.56 Å². The maximum atomic E-state index is 8.71. The Labute approximate surface area is 77.2 Å². The van der Waals surface area contributed by atoms with Gasteiger partial charge in [0.15, 0.2) is 0 Å². The Hall–Kier alpha value is -1.57. The van der Waals surface area contributed by atoms with Crippen LogP contribution in [0.5, 0.6) is 0 Å². The zero-order chi connectivity index (χ0) is 9.26. The van der Waals surface area contributed by atoms with Crippen LogP contribution in [0.3, 0.4) is 0 Å². The molecule has 2 heteroatoms. The lowest BCUT2D eigenvalue weighted by Crippen LogP contribution is -1.93. The minimum Gasteiger partial charge on any atom is -0.411 e. The summed E-state index contributed by atoms with van der Waals surface area (Å²) < 4.78 is 0. The molecule has 0 bridgehead atoms. The first-order chi connectivity index (χ1) is 6.35. The van der Waals surface area contributed by atoms with Crippen LogP contribution < -0.4 is 0 Å². The van der Waals surface area contributed by atoms with E-state index in [2.05, 4.69) is 17.8 Å². The van der Waals surface area contributed by atoms with Crippen LogP contribution in [0.2, 0.25) is 0 Å². The van der Waals surface area contributed by atoms with Crippen molar-refractivity contribution in [3.63, 3.8) is 0 Å². The van der Waals surface area contributed by atoms with E-state index >= 15 is 0 Å². The van der Waals surface area contributed by atoms with Crippen molar-refractivity contribution in [2.45, 2.75) is 12.8 Å².